The second-order valence-corrected chi connectivity index (χ2v) is 4.25. The second-order valence-electron chi connectivity index (χ2n) is 4.25. The Balaban J connectivity index is 2.24. The van der Waals surface area contributed by atoms with Gasteiger partial charge < -0.3 is 15.7 Å². The normalized spacial score (nSPS) is 18.3. The summed E-state index contributed by atoms with van der Waals surface area (Å²) in [6, 6.07) is 7.22. The molecular weight excluding hydrogens is 228 g/mol. The Morgan fingerprint density at radius 3 is 2.94 bits per heavy atom. The van der Waals surface area contributed by atoms with Crippen molar-refractivity contribution < 1.29 is 9.90 Å². The smallest absolute Gasteiger partial charge is 0.255 e. The van der Waals surface area contributed by atoms with Crippen molar-refractivity contribution in [2.45, 2.75) is 12.5 Å². The lowest BCUT2D eigenvalue weighted by Crippen LogP contribution is -2.30. The molecule has 4 nitrogen and oxygen atoms in total. The Hall–Kier alpha value is -1.83. The summed E-state index contributed by atoms with van der Waals surface area (Å²) in [7, 11) is 0. The van der Waals surface area contributed by atoms with Crippen LogP contribution in [0.3, 0.4) is 0 Å². The molecule has 1 amide bonds. The summed E-state index contributed by atoms with van der Waals surface area (Å²) in [5, 5.41) is 9.47. The van der Waals surface area contributed by atoms with E-state index in [1.807, 2.05) is 18.2 Å². The molecule has 0 saturated carbocycles. The van der Waals surface area contributed by atoms with E-state index in [4.69, 9.17) is 5.73 Å². The van der Waals surface area contributed by atoms with Crippen molar-refractivity contribution >= 4 is 5.91 Å². The number of carbonyl (C=O) groups excluding carboxylic acids is 1. The van der Waals surface area contributed by atoms with Gasteiger partial charge in [-0.05, 0) is 18.6 Å². The van der Waals surface area contributed by atoms with Gasteiger partial charge in [0.1, 0.15) is 0 Å². The molecule has 1 atom stereocenters. The summed E-state index contributed by atoms with van der Waals surface area (Å²) in [4.78, 5) is 14.0. The number of nitrogens with zero attached hydrogens (tertiary/aromatic N) is 1. The zero-order chi connectivity index (χ0) is 13.0. The number of hydrogen-bond donors (Lipinski definition) is 2. The van der Waals surface area contributed by atoms with Gasteiger partial charge in [0, 0.05) is 18.7 Å². The SMILES string of the molecule is NCC#Cc1ccccc1C(=O)N1CCC(O)C1. The number of aliphatic hydroxyl groups is 1. The number of nitrogens with two attached hydrogens (primary N) is 1. The number of carbonyl (C=O) groups is 1. The van der Waals surface area contributed by atoms with Crippen LogP contribution in [0.25, 0.3) is 0 Å². The van der Waals surface area contributed by atoms with E-state index in [0.717, 1.165) is 0 Å². The average Bonchev–Trinajstić information content (AvgIpc) is 2.82. The molecule has 1 aromatic carbocycles. The van der Waals surface area contributed by atoms with Gasteiger partial charge >= 0.3 is 0 Å². The number of likely N-dealkylation sites (tertiary alicyclic amines) is 1. The lowest BCUT2D eigenvalue weighted by atomic mass is 10.1. The van der Waals surface area contributed by atoms with Crippen molar-refractivity contribution in [2.75, 3.05) is 19.6 Å². The lowest BCUT2D eigenvalue weighted by molar-refractivity contribution is 0.0764. The third-order valence-corrected chi connectivity index (χ3v) is 2.93. The quantitative estimate of drug-likeness (QED) is 0.694. The Morgan fingerprint density at radius 1 is 1.50 bits per heavy atom. The summed E-state index contributed by atoms with van der Waals surface area (Å²) in [6.07, 6.45) is 0.235. The molecule has 0 aliphatic carbocycles. The zero-order valence-electron chi connectivity index (χ0n) is 10.1. The number of rotatable bonds is 1. The number of benzene rings is 1. The molecule has 0 aromatic heterocycles. The molecule has 0 bridgehead atoms. The fourth-order valence-electron chi connectivity index (χ4n) is 2.02. The van der Waals surface area contributed by atoms with Gasteiger partial charge in [-0.25, -0.2) is 0 Å². The predicted octanol–water partition coefficient (Wildman–Crippen LogP) is 0.204. The fraction of sp³-hybridized carbons (Fsp3) is 0.357. The first kappa shape index (κ1) is 12.6. The molecule has 1 fully saturated rings. The number of aliphatic hydroxyl groups excluding tert-OH is 1. The summed E-state index contributed by atoms with van der Waals surface area (Å²) in [5.41, 5.74) is 6.61. The molecule has 1 aliphatic heterocycles. The van der Waals surface area contributed by atoms with Crippen LogP contribution in [-0.2, 0) is 0 Å². The maximum atomic E-state index is 12.3. The molecule has 4 heteroatoms. The molecule has 1 saturated heterocycles. The van der Waals surface area contributed by atoms with Gasteiger partial charge in [-0.1, -0.05) is 24.0 Å². The van der Waals surface area contributed by atoms with Crippen LogP contribution in [0.15, 0.2) is 24.3 Å². The van der Waals surface area contributed by atoms with Gasteiger partial charge in [-0.2, -0.15) is 0 Å². The molecule has 3 N–H and O–H groups in total. The summed E-state index contributed by atoms with van der Waals surface area (Å²) < 4.78 is 0. The maximum Gasteiger partial charge on any atom is 0.255 e. The first-order chi connectivity index (χ1) is 8.72. The van der Waals surface area contributed by atoms with E-state index in [9.17, 15) is 9.90 Å². The van der Waals surface area contributed by atoms with Crippen LogP contribution >= 0.6 is 0 Å². The third kappa shape index (κ3) is 2.70. The Kier molecular flexibility index (Phi) is 3.98. The molecule has 1 aliphatic rings. The standard InChI is InChI=1S/C14H16N2O2/c15-8-3-5-11-4-1-2-6-13(11)14(18)16-9-7-12(17)10-16/h1-2,4,6,12,17H,7-10,15H2. The minimum absolute atomic E-state index is 0.0755. The topological polar surface area (TPSA) is 66.6 Å². The first-order valence-electron chi connectivity index (χ1n) is 5.97. The second kappa shape index (κ2) is 5.67. The van der Waals surface area contributed by atoms with Crippen molar-refractivity contribution in [3.05, 3.63) is 35.4 Å². The first-order valence-corrected chi connectivity index (χ1v) is 5.97. The van der Waals surface area contributed by atoms with Gasteiger partial charge in [0.05, 0.1) is 18.2 Å². The number of amides is 1. The van der Waals surface area contributed by atoms with E-state index in [0.29, 0.717) is 30.6 Å². The van der Waals surface area contributed by atoms with Gasteiger partial charge in [-0.15, -0.1) is 0 Å². The Labute approximate surface area is 106 Å². The highest BCUT2D eigenvalue weighted by atomic mass is 16.3. The van der Waals surface area contributed by atoms with Crippen LogP contribution in [0, 0.1) is 11.8 Å². The molecule has 0 spiro atoms. The lowest BCUT2D eigenvalue weighted by Gasteiger charge is -2.16. The van der Waals surface area contributed by atoms with Crippen molar-refractivity contribution in [2.24, 2.45) is 5.73 Å². The summed E-state index contributed by atoms with van der Waals surface area (Å²) in [6.45, 7) is 1.26. The minimum atomic E-state index is -0.406. The summed E-state index contributed by atoms with van der Waals surface area (Å²) >= 11 is 0. The largest absolute Gasteiger partial charge is 0.391 e. The Morgan fingerprint density at radius 2 is 2.28 bits per heavy atom. The molecule has 1 heterocycles. The van der Waals surface area contributed by atoms with Gasteiger partial charge in [0.25, 0.3) is 5.91 Å². The van der Waals surface area contributed by atoms with Crippen LogP contribution in [0.2, 0.25) is 0 Å². The van der Waals surface area contributed by atoms with Gasteiger partial charge in [0.15, 0.2) is 0 Å². The van der Waals surface area contributed by atoms with E-state index in [1.54, 1.807) is 11.0 Å². The van der Waals surface area contributed by atoms with Gasteiger partial charge in [-0.3, -0.25) is 4.79 Å². The van der Waals surface area contributed by atoms with Crippen molar-refractivity contribution in [3.8, 4) is 11.8 Å². The van der Waals surface area contributed by atoms with E-state index in [2.05, 4.69) is 11.8 Å². The van der Waals surface area contributed by atoms with Crippen LogP contribution < -0.4 is 5.73 Å². The highest BCUT2D eigenvalue weighted by Gasteiger charge is 2.26. The molecule has 18 heavy (non-hydrogen) atoms. The predicted molar refractivity (Wildman–Crippen MR) is 68.9 cm³/mol. The van der Waals surface area contributed by atoms with Crippen molar-refractivity contribution in [1.82, 2.24) is 4.90 Å². The third-order valence-electron chi connectivity index (χ3n) is 2.93. The molecule has 94 valence electrons. The van der Waals surface area contributed by atoms with E-state index in [-0.39, 0.29) is 12.5 Å². The van der Waals surface area contributed by atoms with E-state index in [1.165, 1.54) is 0 Å². The minimum Gasteiger partial charge on any atom is -0.391 e. The monoisotopic (exact) mass is 244 g/mol. The number of hydrogen-bond acceptors (Lipinski definition) is 3. The highest BCUT2D eigenvalue weighted by Crippen LogP contribution is 2.16. The van der Waals surface area contributed by atoms with Crippen LogP contribution in [0.1, 0.15) is 22.3 Å². The maximum absolute atomic E-state index is 12.3. The molecular formula is C14H16N2O2. The fourth-order valence-corrected chi connectivity index (χ4v) is 2.02. The van der Waals surface area contributed by atoms with Crippen LogP contribution in [0.4, 0.5) is 0 Å². The van der Waals surface area contributed by atoms with Crippen molar-refractivity contribution in [1.29, 1.82) is 0 Å². The molecule has 0 radical (unpaired) electrons. The highest BCUT2D eigenvalue weighted by molar-refractivity contribution is 5.96. The Bertz CT molecular complexity index is 502. The van der Waals surface area contributed by atoms with Crippen molar-refractivity contribution in [3.63, 3.8) is 0 Å². The molecule has 1 aromatic rings. The molecule has 2 rings (SSSR count). The van der Waals surface area contributed by atoms with Crippen LogP contribution in [-0.4, -0.2) is 41.7 Å². The van der Waals surface area contributed by atoms with E-state index < -0.39 is 6.10 Å². The number of β-amino-alcohol motifs (C(OH)–C–C–N with tert-alkyl or cyclic N) is 1. The molecule has 1 unspecified atom stereocenters. The zero-order valence-corrected chi connectivity index (χ0v) is 10.1. The average molecular weight is 244 g/mol. The summed E-state index contributed by atoms with van der Waals surface area (Å²) in [5.74, 6) is 5.58. The van der Waals surface area contributed by atoms with Crippen LogP contribution in [0.5, 0.6) is 0 Å². The van der Waals surface area contributed by atoms with E-state index >= 15 is 0 Å². The van der Waals surface area contributed by atoms with Gasteiger partial charge in [0.2, 0.25) is 0 Å².